The van der Waals surface area contributed by atoms with E-state index in [-0.39, 0.29) is 46.2 Å². The van der Waals surface area contributed by atoms with Gasteiger partial charge < -0.3 is 15.2 Å². The van der Waals surface area contributed by atoms with Gasteiger partial charge in [0.15, 0.2) is 0 Å². The van der Waals surface area contributed by atoms with E-state index >= 15 is 0 Å². The molecule has 1 aromatic carbocycles. The molecule has 2 rings (SSSR count). The monoisotopic (exact) mass is 333 g/mol. The van der Waals surface area contributed by atoms with Gasteiger partial charge in [0.25, 0.3) is 5.91 Å². The van der Waals surface area contributed by atoms with Gasteiger partial charge in [-0.2, -0.15) is 10.5 Å². The Labute approximate surface area is 158 Å². The second kappa shape index (κ2) is 7.91. The van der Waals surface area contributed by atoms with Gasteiger partial charge in [-0.15, -0.1) is 11.3 Å². The van der Waals surface area contributed by atoms with Crippen molar-refractivity contribution >= 4 is 28.2 Å². The van der Waals surface area contributed by atoms with Gasteiger partial charge >= 0.3 is 29.6 Å². The van der Waals surface area contributed by atoms with Crippen LogP contribution in [0.25, 0.3) is 0 Å². The number of carbonyl (C=O) groups excluding carboxylic acids is 2. The molecule has 0 saturated carbocycles. The Morgan fingerprint density at radius 3 is 2.17 bits per heavy atom. The fraction of sp³-hybridized carbons (Fsp3) is 0.0667. The van der Waals surface area contributed by atoms with Crippen molar-refractivity contribution < 1.29 is 44.3 Å². The number of rotatable bonds is 3. The summed E-state index contributed by atoms with van der Waals surface area (Å²) in [6, 6.07) is 9.14. The van der Waals surface area contributed by atoms with Crippen LogP contribution in [0.5, 0.6) is 0 Å². The molecule has 0 atom stereocenters. The third kappa shape index (κ3) is 3.98. The number of amides is 1. The van der Waals surface area contributed by atoms with E-state index in [1.165, 1.54) is 24.3 Å². The summed E-state index contributed by atoms with van der Waals surface area (Å²) in [5, 5.41) is 31.6. The minimum absolute atomic E-state index is 0. The zero-order chi connectivity index (χ0) is 16.3. The Morgan fingerprint density at radius 1 is 1.13 bits per heavy atom. The van der Waals surface area contributed by atoms with E-state index in [9.17, 15) is 14.7 Å². The summed E-state index contributed by atoms with van der Waals surface area (Å²) in [6.45, 7) is 1.64. The van der Waals surface area contributed by atoms with Crippen LogP contribution in [0.2, 0.25) is 0 Å². The van der Waals surface area contributed by atoms with Crippen LogP contribution >= 0.6 is 11.3 Å². The van der Waals surface area contributed by atoms with Crippen LogP contribution in [0.3, 0.4) is 0 Å². The smallest absolute Gasteiger partial charge is 0.545 e. The van der Waals surface area contributed by atoms with E-state index in [4.69, 9.17) is 10.5 Å². The molecule has 0 aliphatic heterocycles. The first-order valence-corrected chi connectivity index (χ1v) is 6.86. The molecule has 1 N–H and O–H groups in total. The Balaban J connectivity index is 0.00000264. The van der Waals surface area contributed by atoms with Crippen LogP contribution in [0, 0.1) is 29.6 Å². The fourth-order valence-electron chi connectivity index (χ4n) is 1.78. The number of carboxylic acids is 1. The van der Waals surface area contributed by atoms with Gasteiger partial charge in [0.1, 0.15) is 22.0 Å². The topological polar surface area (TPSA) is 117 Å². The number of benzene rings is 1. The molecule has 1 heterocycles. The van der Waals surface area contributed by atoms with E-state index in [1.807, 2.05) is 12.1 Å². The maximum atomic E-state index is 12.1. The molecule has 6 nitrogen and oxygen atoms in total. The van der Waals surface area contributed by atoms with E-state index in [2.05, 4.69) is 5.32 Å². The van der Waals surface area contributed by atoms with E-state index in [1.54, 1.807) is 6.92 Å². The molecular weight excluding hydrogens is 325 g/mol. The van der Waals surface area contributed by atoms with E-state index < -0.39 is 11.9 Å². The third-order valence-corrected chi connectivity index (χ3v) is 4.08. The third-order valence-electron chi connectivity index (χ3n) is 2.97. The van der Waals surface area contributed by atoms with Crippen molar-refractivity contribution in [2.24, 2.45) is 0 Å². The Bertz CT molecular complexity index is 845. The summed E-state index contributed by atoms with van der Waals surface area (Å²) in [5.74, 6) is -1.82. The molecule has 23 heavy (non-hydrogen) atoms. The summed E-state index contributed by atoms with van der Waals surface area (Å²) in [7, 11) is 0. The molecule has 0 radical (unpaired) electrons. The summed E-state index contributed by atoms with van der Waals surface area (Å²) in [6.07, 6.45) is 0. The number of hydrogen-bond donors (Lipinski definition) is 1. The first kappa shape index (κ1) is 18.9. The van der Waals surface area contributed by atoms with Crippen molar-refractivity contribution in [3.05, 3.63) is 51.4 Å². The van der Waals surface area contributed by atoms with Crippen molar-refractivity contribution in [1.29, 1.82) is 10.5 Å². The minimum atomic E-state index is -1.33. The second-order valence-corrected chi connectivity index (χ2v) is 5.32. The molecule has 0 fully saturated rings. The number of aromatic carboxylic acids is 1. The largest absolute Gasteiger partial charge is 1.00 e. The minimum Gasteiger partial charge on any atom is -0.545 e. The molecule has 1 amide bonds. The maximum Gasteiger partial charge on any atom is 1.00 e. The standard InChI is InChI=1S/C15H9N3O3S.Na/c1-8-11(6-16)14(22-12(8)7-17)18-13(19)9-2-4-10(5-3-9)15(20)21;/h2-5H,1H3,(H,18,19)(H,20,21);/q;+1/p-1. The van der Waals surface area contributed by atoms with Gasteiger partial charge in [0.05, 0.1) is 11.5 Å². The molecule has 1 aromatic heterocycles. The van der Waals surface area contributed by atoms with E-state index in [0.717, 1.165) is 11.3 Å². The second-order valence-electron chi connectivity index (χ2n) is 4.30. The molecule has 8 heteroatoms. The predicted molar refractivity (Wildman–Crippen MR) is 77.2 cm³/mol. The Hall–Kier alpha value is -2.16. The number of nitrogens with zero attached hydrogens (tertiary/aromatic N) is 2. The number of anilines is 1. The van der Waals surface area contributed by atoms with Crippen molar-refractivity contribution in [3.8, 4) is 12.1 Å². The number of hydrogen-bond acceptors (Lipinski definition) is 6. The first-order chi connectivity index (χ1) is 10.5. The number of nitrogens with one attached hydrogen (secondary N) is 1. The van der Waals surface area contributed by atoms with Crippen LogP contribution in [0.4, 0.5) is 5.00 Å². The zero-order valence-corrected chi connectivity index (χ0v) is 15.2. The SMILES string of the molecule is Cc1c(C#N)sc(NC(=O)c2ccc(C(=O)[O-])cc2)c1C#N.[Na+]. The summed E-state index contributed by atoms with van der Waals surface area (Å²) < 4.78 is 0. The number of carboxylic acid groups (broad SMARTS) is 1. The maximum absolute atomic E-state index is 12.1. The van der Waals surface area contributed by atoms with Gasteiger partial charge in [-0.25, -0.2) is 0 Å². The van der Waals surface area contributed by atoms with E-state index in [0.29, 0.717) is 15.4 Å². The fourth-order valence-corrected chi connectivity index (χ4v) is 2.73. The molecule has 0 saturated heterocycles. The van der Waals surface area contributed by atoms with Crippen molar-refractivity contribution in [1.82, 2.24) is 0 Å². The molecule has 0 spiro atoms. The van der Waals surface area contributed by atoms with Gasteiger partial charge in [-0.3, -0.25) is 4.79 Å². The number of thiophene rings is 1. The number of carbonyl (C=O) groups is 2. The zero-order valence-electron chi connectivity index (χ0n) is 12.3. The molecule has 0 unspecified atom stereocenters. The average Bonchev–Trinajstić information content (AvgIpc) is 2.82. The van der Waals surface area contributed by atoms with Gasteiger partial charge in [-0.05, 0) is 30.2 Å². The Morgan fingerprint density at radius 2 is 1.70 bits per heavy atom. The molecular formula is C15H8N3NaO3S. The molecule has 0 bridgehead atoms. The van der Waals surface area contributed by atoms with Gasteiger partial charge in [-0.1, -0.05) is 12.1 Å². The summed E-state index contributed by atoms with van der Waals surface area (Å²) >= 11 is 1.02. The van der Waals surface area contributed by atoms with Gasteiger partial charge in [0.2, 0.25) is 0 Å². The van der Waals surface area contributed by atoms with Crippen molar-refractivity contribution in [2.75, 3.05) is 5.32 Å². The predicted octanol–water partition coefficient (Wildman–Crippen LogP) is -1.58. The van der Waals surface area contributed by atoms with Gasteiger partial charge in [0, 0.05) is 5.56 Å². The first-order valence-electron chi connectivity index (χ1n) is 6.04. The molecule has 2 aromatic rings. The quantitative estimate of drug-likeness (QED) is 0.680. The Kier molecular flexibility index (Phi) is 6.49. The summed E-state index contributed by atoms with van der Waals surface area (Å²) in [5.41, 5.74) is 0.977. The van der Waals surface area contributed by atoms with Crippen molar-refractivity contribution in [3.63, 3.8) is 0 Å². The van der Waals surface area contributed by atoms with Crippen LogP contribution in [0.15, 0.2) is 24.3 Å². The van der Waals surface area contributed by atoms with Crippen LogP contribution < -0.4 is 40.0 Å². The normalized spacial score (nSPS) is 9.17. The van der Waals surface area contributed by atoms with Crippen molar-refractivity contribution in [2.45, 2.75) is 6.92 Å². The van der Waals surface area contributed by atoms with Crippen LogP contribution in [-0.2, 0) is 0 Å². The molecule has 0 aliphatic carbocycles. The summed E-state index contributed by atoms with van der Waals surface area (Å²) in [4.78, 5) is 23.1. The molecule has 0 aliphatic rings. The van der Waals surface area contributed by atoms with Crippen LogP contribution in [-0.4, -0.2) is 11.9 Å². The molecule has 108 valence electrons. The van der Waals surface area contributed by atoms with Crippen LogP contribution in [0.1, 0.15) is 36.7 Å². The average molecular weight is 333 g/mol. The number of nitriles is 2.